The van der Waals surface area contributed by atoms with Crippen molar-refractivity contribution in [2.75, 3.05) is 11.9 Å². The third-order valence-electron chi connectivity index (χ3n) is 2.68. The molecule has 1 unspecified atom stereocenters. The molecule has 0 aliphatic rings. The van der Waals surface area contributed by atoms with Crippen molar-refractivity contribution in [2.24, 2.45) is 0 Å². The first-order chi connectivity index (χ1) is 9.08. The lowest BCUT2D eigenvalue weighted by Gasteiger charge is -2.15. The van der Waals surface area contributed by atoms with Crippen LogP contribution >= 0.6 is 23.2 Å². The van der Waals surface area contributed by atoms with Gasteiger partial charge in [0.2, 0.25) is 0 Å². The maximum Gasteiger partial charge on any atom is 0.124 e. The molecule has 2 aromatic carbocycles. The minimum absolute atomic E-state index is 0.231. The van der Waals surface area contributed by atoms with Gasteiger partial charge in [0.05, 0.1) is 16.8 Å². The molecular weight excluding hydrogens is 288 g/mol. The van der Waals surface area contributed by atoms with Gasteiger partial charge in [-0.05, 0) is 24.3 Å². The number of hydrogen-bond acceptors (Lipinski definition) is 2. The normalized spacial score (nSPS) is 12.2. The van der Waals surface area contributed by atoms with Crippen molar-refractivity contribution in [3.63, 3.8) is 0 Å². The average Bonchev–Trinajstić information content (AvgIpc) is 2.38. The highest BCUT2D eigenvalue weighted by Crippen LogP contribution is 2.25. The summed E-state index contributed by atoms with van der Waals surface area (Å²) in [7, 11) is 0. The molecule has 0 radical (unpaired) electrons. The Balaban J connectivity index is 2.04. The molecule has 2 aromatic rings. The average molecular weight is 300 g/mol. The number of nitrogens with one attached hydrogen (secondary N) is 1. The van der Waals surface area contributed by atoms with Gasteiger partial charge in [0.15, 0.2) is 0 Å². The van der Waals surface area contributed by atoms with E-state index in [9.17, 15) is 9.50 Å². The van der Waals surface area contributed by atoms with E-state index in [0.29, 0.717) is 16.3 Å². The number of aliphatic hydroxyl groups excluding tert-OH is 1. The summed E-state index contributed by atoms with van der Waals surface area (Å²) in [5.74, 6) is -0.401. The largest absolute Gasteiger partial charge is 0.387 e. The second kappa shape index (κ2) is 6.24. The smallest absolute Gasteiger partial charge is 0.124 e. The molecule has 0 fully saturated rings. The van der Waals surface area contributed by atoms with E-state index in [-0.39, 0.29) is 11.6 Å². The van der Waals surface area contributed by atoms with Gasteiger partial charge >= 0.3 is 0 Å². The molecule has 2 N–H and O–H groups in total. The van der Waals surface area contributed by atoms with Crippen molar-refractivity contribution in [3.8, 4) is 0 Å². The molecule has 0 aliphatic heterocycles. The van der Waals surface area contributed by atoms with Crippen molar-refractivity contribution in [1.82, 2.24) is 0 Å². The summed E-state index contributed by atoms with van der Waals surface area (Å²) in [4.78, 5) is 0. The van der Waals surface area contributed by atoms with E-state index in [2.05, 4.69) is 5.32 Å². The number of benzene rings is 2. The van der Waals surface area contributed by atoms with Crippen LogP contribution in [-0.2, 0) is 0 Å². The summed E-state index contributed by atoms with van der Waals surface area (Å²) in [6.45, 7) is 0.231. The fourth-order valence-corrected chi connectivity index (χ4v) is 2.19. The van der Waals surface area contributed by atoms with Crippen molar-refractivity contribution in [2.45, 2.75) is 6.10 Å². The molecule has 0 bridgehead atoms. The van der Waals surface area contributed by atoms with Crippen LogP contribution in [0, 0.1) is 5.82 Å². The Morgan fingerprint density at radius 3 is 2.53 bits per heavy atom. The number of anilines is 1. The van der Waals surface area contributed by atoms with E-state index in [1.54, 1.807) is 24.3 Å². The quantitative estimate of drug-likeness (QED) is 0.883. The monoisotopic (exact) mass is 299 g/mol. The molecule has 0 aliphatic carbocycles. The van der Waals surface area contributed by atoms with Crippen LogP contribution in [0.1, 0.15) is 11.7 Å². The molecule has 100 valence electrons. The first kappa shape index (κ1) is 14.1. The van der Waals surface area contributed by atoms with Gasteiger partial charge in [-0.25, -0.2) is 4.39 Å². The minimum Gasteiger partial charge on any atom is -0.387 e. The van der Waals surface area contributed by atoms with E-state index in [0.717, 1.165) is 0 Å². The van der Waals surface area contributed by atoms with Crippen molar-refractivity contribution < 1.29 is 9.50 Å². The van der Waals surface area contributed by atoms with Gasteiger partial charge in [-0.15, -0.1) is 0 Å². The number of halogens is 3. The van der Waals surface area contributed by atoms with Crippen LogP contribution < -0.4 is 5.32 Å². The number of hydrogen-bond donors (Lipinski definition) is 2. The van der Waals surface area contributed by atoms with Crippen molar-refractivity contribution in [3.05, 3.63) is 63.9 Å². The first-order valence-corrected chi connectivity index (χ1v) is 6.45. The van der Waals surface area contributed by atoms with E-state index in [1.807, 2.05) is 0 Å². The second-order valence-corrected chi connectivity index (χ2v) is 4.86. The molecule has 0 saturated heterocycles. The molecule has 2 rings (SSSR count). The van der Waals surface area contributed by atoms with Crippen LogP contribution in [0.2, 0.25) is 10.0 Å². The van der Waals surface area contributed by atoms with Crippen LogP contribution in [0.25, 0.3) is 0 Å². The van der Waals surface area contributed by atoms with Gasteiger partial charge < -0.3 is 10.4 Å². The zero-order valence-electron chi connectivity index (χ0n) is 9.91. The van der Waals surface area contributed by atoms with Gasteiger partial charge in [0.1, 0.15) is 5.82 Å². The third-order valence-corrected chi connectivity index (χ3v) is 3.34. The minimum atomic E-state index is -0.769. The molecule has 19 heavy (non-hydrogen) atoms. The second-order valence-electron chi connectivity index (χ2n) is 4.04. The van der Waals surface area contributed by atoms with Gasteiger partial charge in [-0.3, -0.25) is 0 Å². The Labute approximate surface area is 120 Å². The highest BCUT2D eigenvalue weighted by Gasteiger charge is 2.11. The summed E-state index contributed by atoms with van der Waals surface area (Å²) >= 11 is 11.9. The summed E-state index contributed by atoms with van der Waals surface area (Å²) in [5, 5.41) is 13.8. The van der Waals surface area contributed by atoms with Gasteiger partial charge in [-0.2, -0.15) is 0 Å². The molecule has 1 atom stereocenters. The molecular formula is C14H12Cl2FNO. The Hall–Kier alpha value is -1.29. The molecule has 0 spiro atoms. The van der Waals surface area contributed by atoms with Crippen molar-refractivity contribution >= 4 is 28.9 Å². The highest BCUT2D eigenvalue weighted by molar-refractivity contribution is 6.33. The van der Waals surface area contributed by atoms with Crippen molar-refractivity contribution in [1.29, 1.82) is 0 Å². The summed E-state index contributed by atoms with van der Waals surface area (Å²) in [5.41, 5.74) is 1.20. The highest BCUT2D eigenvalue weighted by atomic mass is 35.5. The van der Waals surface area contributed by atoms with Gasteiger partial charge in [0.25, 0.3) is 0 Å². The van der Waals surface area contributed by atoms with Crippen LogP contribution in [-0.4, -0.2) is 11.7 Å². The Bertz CT molecular complexity index is 577. The first-order valence-electron chi connectivity index (χ1n) is 5.69. The predicted octanol–water partition coefficient (Wildman–Crippen LogP) is 4.28. The van der Waals surface area contributed by atoms with E-state index in [1.165, 1.54) is 18.2 Å². The molecule has 5 heteroatoms. The lowest BCUT2D eigenvalue weighted by molar-refractivity contribution is 0.192. The zero-order valence-corrected chi connectivity index (χ0v) is 11.4. The van der Waals surface area contributed by atoms with Crippen LogP contribution in [0.4, 0.5) is 10.1 Å². The molecule has 2 nitrogen and oxygen atoms in total. The topological polar surface area (TPSA) is 32.3 Å². The SMILES string of the molecule is OC(CNc1ccc(F)cc1Cl)c1ccccc1Cl. The van der Waals surface area contributed by atoms with Crippen LogP contribution in [0.5, 0.6) is 0 Å². The maximum absolute atomic E-state index is 12.9. The zero-order chi connectivity index (χ0) is 13.8. The van der Waals surface area contributed by atoms with Crippen LogP contribution in [0.15, 0.2) is 42.5 Å². The van der Waals surface area contributed by atoms with E-state index < -0.39 is 11.9 Å². The molecule has 0 heterocycles. The number of aliphatic hydroxyl groups is 1. The maximum atomic E-state index is 12.9. The summed E-state index contributed by atoms with van der Waals surface area (Å²) < 4.78 is 12.9. The standard InChI is InChI=1S/C14H12Cl2FNO/c15-11-4-2-1-3-10(11)14(19)8-18-13-6-5-9(17)7-12(13)16/h1-7,14,18-19H,8H2. The fraction of sp³-hybridized carbons (Fsp3) is 0.143. The lowest BCUT2D eigenvalue weighted by atomic mass is 10.1. The summed E-state index contributed by atoms with van der Waals surface area (Å²) in [6.07, 6.45) is -0.769. The number of rotatable bonds is 4. The van der Waals surface area contributed by atoms with Gasteiger partial charge in [-0.1, -0.05) is 41.4 Å². The molecule has 0 aromatic heterocycles. The van der Waals surface area contributed by atoms with Crippen LogP contribution in [0.3, 0.4) is 0 Å². The summed E-state index contributed by atoms with van der Waals surface area (Å²) in [6, 6.07) is 11.1. The Morgan fingerprint density at radius 2 is 1.84 bits per heavy atom. The predicted molar refractivity (Wildman–Crippen MR) is 76.3 cm³/mol. The van der Waals surface area contributed by atoms with E-state index >= 15 is 0 Å². The molecule has 0 saturated carbocycles. The van der Waals surface area contributed by atoms with E-state index in [4.69, 9.17) is 23.2 Å². The molecule has 0 amide bonds. The fourth-order valence-electron chi connectivity index (χ4n) is 1.69. The lowest BCUT2D eigenvalue weighted by Crippen LogP contribution is -2.12. The Morgan fingerprint density at radius 1 is 1.11 bits per heavy atom. The Kier molecular flexibility index (Phi) is 4.64. The third kappa shape index (κ3) is 3.60. The van der Waals surface area contributed by atoms with Gasteiger partial charge in [0, 0.05) is 17.1 Å².